The van der Waals surface area contributed by atoms with E-state index < -0.39 is 0 Å². The average molecular weight is 372 g/mol. The lowest BCUT2D eigenvalue weighted by atomic mass is 10.1. The quantitative estimate of drug-likeness (QED) is 0.448. The number of thiocarbonyl (C=S) groups is 1. The summed E-state index contributed by atoms with van der Waals surface area (Å²) in [6.45, 7) is 0. The number of rotatable bonds is 6. The van der Waals surface area contributed by atoms with Crippen molar-refractivity contribution in [1.82, 2.24) is 15.6 Å². The molecule has 2 aromatic carbocycles. The lowest BCUT2D eigenvalue weighted by molar-refractivity contribution is 0.415. The molecule has 0 spiro atoms. The molecule has 0 unspecified atom stereocenters. The Bertz CT molecular complexity index is 901. The van der Waals surface area contributed by atoms with Crippen molar-refractivity contribution in [1.29, 1.82) is 0 Å². The van der Waals surface area contributed by atoms with Gasteiger partial charge in [0.15, 0.2) is 0 Å². The summed E-state index contributed by atoms with van der Waals surface area (Å²) in [6, 6.07) is 15.4. The molecule has 128 valence electrons. The van der Waals surface area contributed by atoms with E-state index in [-0.39, 0.29) is 4.84 Å². The number of benzene rings is 2. The van der Waals surface area contributed by atoms with Gasteiger partial charge in [-0.3, -0.25) is 5.43 Å². The third-order valence-corrected chi connectivity index (χ3v) is 3.86. The fraction of sp³-hybridized carbons (Fsp3) is 0.118. The molecule has 0 saturated heterocycles. The van der Waals surface area contributed by atoms with Gasteiger partial charge >= 0.3 is 0 Å². The van der Waals surface area contributed by atoms with E-state index in [0.717, 1.165) is 22.6 Å². The number of methoxy groups -OCH3 is 1. The van der Waals surface area contributed by atoms with E-state index in [1.54, 1.807) is 7.11 Å². The van der Waals surface area contributed by atoms with Gasteiger partial charge in [-0.25, -0.2) is 5.10 Å². The zero-order chi connectivity index (χ0) is 17.6. The highest BCUT2D eigenvalue weighted by molar-refractivity contribution is 7.80. The van der Waals surface area contributed by atoms with Crippen molar-refractivity contribution >= 4 is 35.1 Å². The molecule has 3 N–H and O–H groups in total. The van der Waals surface area contributed by atoms with Gasteiger partial charge in [-0.2, -0.15) is 0 Å². The molecule has 0 aliphatic rings. The van der Waals surface area contributed by atoms with Crippen LogP contribution in [0.25, 0.3) is 11.5 Å². The highest BCUT2D eigenvalue weighted by atomic mass is 32.1. The van der Waals surface area contributed by atoms with Crippen LogP contribution in [0.1, 0.15) is 5.56 Å². The van der Waals surface area contributed by atoms with Crippen LogP contribution in [0.3, 0.4) is 0 Å². The number of ether oxygens (including phenoxy) is 1. The number of anilines is 1. The Morgan fingerprint density at radius 1 is 1.16 bits per heavy atom. The first-order valence-electron chi connectivity index (χ1n) is 7.48. The first-order chi connectivity index (χ1) is 12.1. The summed E-state index contributed by atoms with van der Waals surface area (Å²) in [5.74, 6) is 1.28. The highest BCUT2D eigenvalue weighted by Gasteiger charge is 2.05. The Morgan fingerprint density at radius 2 is 1.88 bits per heavy atom. The van der Waals surface area contributed by atoms with E-state index >= 15 is 0 Å². The number of aromatic nitrogens is 2. The fourth-order valence-corrected chi connectivity index (χ4v) is 2.51. The second-order valence-corrected chi connectivity index (χ2v) is 6.06. The monoisotopic (exact) mass is 372 g/mol. The Labute approximate surface area is 155 Å². The number of hydrazine groups is 1. The van der Waals surface area contributed by atoms with Crippen LogP contribution in [0, 0.1) is 4.84 Å². The molecule has 3 rings (SSSR count). The number of hydrogen-bond acceptors (Lipinski definition) is 6. The zero-order valence-electron chi connectivity index (χ0n) is 13.4. The second-order valence-electron chi connectivity index (χ2n) is 5.19. The molecule has 0 aliphatic heterocycles. The zero-order valence-corrected chi connectivity index (χ0v) is 15.0. The molecule has 1 aromatic heterocycles. The predicted octanol–water partition coefficient (Wildman–Crippen LogP) is 3.89. The van der Waals surface area contributed by atoms with E-state index in [0.29, 0.717) is 17.3 Å². The first kappa shape index (κ1) is 17.1. The lowest BCUT2D eigenvalue weighted by Gasteiger charge is -2.11. The van der Waals surface area contributed by atoms with Gasteiger partial charge in [0, 0.05) is 12.0 Å². The summed E-state index contributed by atoms with van der Waals surface area (Å²) in [7, 11) is 1.64. The van der Waals surface area contributed by atoms with Gasteiger partial charge in [0.1, 0.15) is 5.75 Å². The normalized spacial score (nSPS) is 10.3. The molecule has 8 heteroatoms. The summed E-state index contributed by atoms with van der Waals surface area (Å²) >= 11 is 10.2. The van der Waals surface area contributed by atoms with Gasteiger partial charge in [-0.15, -0.1) is 5.10 Å². The van der Waals surface area contributed by atoms with Crippen molar-refractivity contribution in [2.24, 2.45) is 0 Å². The molecule has 0 saturated carbocycles. The molecule has 0 aliphatic carbocycles. The van der Waals surface area contributed by atoms with Gasteiger partial charge < -0.3 is 14.6 Å². The van der Waals surface area contributed by atoms with Crippen molar-refractivity contribution in [2.45, 2.75) is 6.42 Å². The van der Waals surface area contributed by atoms with Crippen LogP contribution in [-0.2, 0) is 6.42 Å². The van der Waals surface area contributed by atoms with E-state index in [1.807, 2.05) is 48.5 Å². The molecule has 0 atom stereocenters. The molecule has 3 aromatic rings. The molecule has 0 bridgehead atoms. The Balaban J connectivity index is 1.54. The Hall–Kier alpha value is -2.71. The number of H-pyrrole nitrogens is 1. The van der Waals surface area contributed by atoms with Crippen molar-refractivity contribution in [3.8, 4) is 17.2 Å². The average Bonchev–Trinajstić information content (AvgIpc) is 3.07. The molecule has 0 fully saturated rings. The number of aromatic amines is 1. The highest BCUT2D eigenvalue weighted by Crippen LogP contribution is 2.18. The molecule has 6 nitrogen and oxygen atoms in total. The van der Waals surface area contributed by atoms with Crippen LogP contribution < -0.4 is 15.6 Å². The molecular formula is C17H16N4O2S2. The van der Waals surface area contributed by atoms with E-state index in [2.05, 4.69) is 21.0 Å². The van der Waals surface area contributed by atoms with Gasteiger partial charge in [-0.05, 0) is 54.2 Å². The molecule has 0 amide bonds. The maximum atomic E-state index is 5.37. The minimum atomic E-state index is 0.258. The Morgan fingerprint density at radius 3 is 2.48 bits per heavy atom. The van der Waals surface area contributed by atoms with Crippen molar-refractivity contribution in [3.63, 3.8) is 0 Å². The first-order valence-corrected chi connectivity index (χ1v) is 8.29. The van der Waals surface area contributed by atoms with Crippen LogP contribution >= 0.6 is 24.4 Å². The number of nitrogens with one attached hydrogen (secondary N) is 3. The van der Waals surface area contributed by atoms with Crippen LogP contribution in [-0.4, -0.2) is 22.3 Å². The predicted molar refractivity (Wildman–Crippen MR) is 103 cm³/mol. The summed E-state index contributed by atoms with van der Waals surface area (Å²) in [6.07, 6.45) is 0.614. The van der Waals surface area contributed by atoms with Gasteiger partial charge in [-0.1, -0.05) is 24.4 Å². The summed E-state index contributed by atoms with van der Waals surface area (Å²) < 4.78 is 10.4. The van der Waals surface area contributed by atoms with E-state index in [1.165, 1.54) is 0 Å². The smallest absolute Gasteiger partial charge is 0.284 e. The maximum Gasteiger partial charge on any atom is 0.284 e. The largest absolute Gasteiger partial charge is 0.497 e. The molecule has 0 radical (unpaired) electrons. The SMILES string of the molecule is COc1ccc(NNC(=S)Cc2ccc(-c3n[nH]c(=S)o3)cc2)cc1. The molecular weight excluding hydrogens is 356 g/mol. The van der Waals surface area contributed by atoms with Crippen LogP contribution in [0.2, 0.25) is 0 Å². The Kier molecular flexibility index (Phi) is 5.42. The maximum absolute atomic E-state index is 5.37. The van der Waals surface area contributed by atoms with Crippen molar-refractivity contribution in [2.75, 3.05) is 12.5 Å². The van der Waals surface area contributed by atoms with Crippen molar-refractivity contribution in [3.05, 3.63) is 58.9 Å². The van der Waals surface area contributed by atoms with Crippen LogP contribution in [0.5, 0.6) is 5.75 Å². The summed E-state index contributed by atoms with van der Waals surface area (Å²) in [5, 5.41) is 6.60. The summed E-state index contributed by atoms with van der Waals surface area (Å²) in [5.41, 5.74) is 8.92. The minimum Gasteiger partial charge on any atom is -0.497 e. The molecule has 1 heterocycles. The minimum absolute atomic E-state index is 0.258. The van der Waals surface area contributed by atoms with Gasteiger partial charge in [0.2, 0.25) is 5.89 Å². The summed E-state index contributed by atoms with van der Waals surface area (Å²) in [4.78, 5) is 0.940. The van der Waals surface area contributed by atoms with Crippen LogP contribution in [0.4, 0.5) is 5.69 Å². The van der Waals surface area contributed by atoms with Gasteiger partial charge in [0.05, 0.1) is 17.8 Å². The van der Waals surface area contributed by atoms with Crippen molar-refractivity contribution < 1.29 is 9.15 Å². The van der Waals surface area contributed by atoms with E-state index in [9.17, 15) is 0 Å². The van der Waals surface area contributed by atoms with Gasteiger partial charge in [0.25, 0.3) is 4.84 Å². The van der Waals surface area contributed by atoms with Crippen LogP contribution in [0.15, 0.2) is 52.9 Å². The fourth-order valence-electron chi connectivity index (χ4n) is 2.16. The second kappa shape index (κ2) is 7.91. The van der Waals surface area contributed by atoms with E-state index in [4.69, 9.17) is 33.6 Å². The third kappa shape index (κ3) is 4.65. The topological polar surface area (TPSA) is 75.1 Å². The number of nitrogens with zero attached hydrogens (tertiary/aromatic N) is 1. The standard InChI is InChI=1S/C17H16N4O2S2/c1-22-14-8-6-13(7-9-14)18-19-15(24)10-11-2-4-12(5-3-11)16-20-21-17(25)23-16/h2-9,18H,10H2,1H3,(H,19,24)(H,21,25). The molecule has 25 heavy (non-hydrogen) atoms. The number of hydrogen-bond donors (Lipinski definition) is 3. The third-order valence-electron chi connectivity index (χ3n) is 3.44. The lowest BCUT2D eigenvalue weighted by Crippen LogP contribution is -2.29.